The van der Waals surface area contributed by atoms with Gasteiger partial charge in [-0.15, -0.1) is 0 Å². The summed E-state index contributed by atoms with van der Waals surface area (Å²) in [5.41, 5.74) is -1.23. The number of aliphatic hydroxyl groups excluding tert-OH is 4. The number of aliphatic carboxylic acids is 2. The first kappa shape index (κ1) is 16.5. The Morgan fingerprint density at radius 2 is 1.06 bits per heavy atom. The van der Waals surface area contributed by atoms with Crippen LogP contribution in [0.25, 0.3) is 0 Å². The summed E-state index contributed by atoms with van der Waals surface area (Å²) in [6, 6.07) is 0. The van der Waals surface area contributed by atoms with Crippen LogP contribution < -0.4 is 0 Å². The van der Waals surface area contributed by atoms with Crippen LogP contribution in [0.3, 0.4) is 0 Å². The Bertz CT molecular complexity index is 303. The van der Waals surface area contributed by atoms with Gasteiger partial charge in [-0.05, 0) is 0 Å². The fourth-order valence-electron chi connectivity index (χ4n) is 1.28. The molecule has 8 heteroatoms. The van der Waals surface area contributed by atoms with Crippen molar-refractivity contribution in [1.29, 1.82) is 0 Å². The summed E-state index contributed by atoms with van der Waals surface area (Å²) in [6.45, 7) is -1.43. The molecule has 18 heavy (non-hydrogen) atoms. The minimum Gasteiger partial charge on any atom is -0.478 e. The molecule has 0 aliphatic carbocycles. The number of carbonyl (C=O) groups is 2. The Labute approximate surface area is 102 Å². The largest absolute Gasteiger partial charge is 0.478 e. The van der Waals surface area contributed by atoms with Crippen molar-refractivity contribution in [2.24, 2.45) is 0 Å². The second kappa shape index (κ2) is 7.77. The van der Waals surface area contributed by atoms with Gasteiger partial charge in [0.25, 0.3) is 0 Å². The van der Waals surface area contributed by atoms with Gasteiger partial charge in [-0.1, -0.05) is 0 Å². The number of hydrogen-bond donors (Lipinski definition) is 6. The molecule has 0 aliphatic rings. The van der Waals surface area contributed by atoms with Crippen LogP contribution in [0.1, 0.15) is 12.8 Å². The highest BCUT2D eigenvalue weighted by molar-refractivity contribution is 5.98. The van der Waals surface area contributed by atoms with E-state index in [0.717, 1.165) is 0 Å². The van der Waals surface area contributed by atoms with Gasteiger partial charge in [0, 0.05) is 12.8 Å². The van der Waals surface area contributed by atoms with Gasteiger partial charge in [0.05, 0.1) is 36.6 Å². The SMILES string of the molecule is O=C(O)C(CC(O)CO)=C(CC(O)CO)C(=O)O. The molecule has 0 aliphatic heterocycles. The molecule has 2 unspecified atom stereocenters. The second-order valence-electron chi connectivity index (χ2n) is 3.65. The lowest BCUT2D eigenvalue weighted by molar-refractivity contribution is -0.136. The highest BCUT2D eigenvalue weighted by Crippen LogP contribution is 2.17. The molecule has 0 aromatic heterocycles. The number of hydrogen-bond acceptors (Lipinski definition) is 6. The van der Waals surface area contributed by atoms with E-state index in [1.807, 2.05) is 0 Å². The molecule has 0 spiro atoms. The average molecular weight is 264 g/mol. The van der Waals surface area contributed by atoms with E-state index >= 15 is 0 Å². The first-order chi connectivity index (χ1) is 8.33. The quantitative estimate of drug-likeness (QED) is 0.273. The average Bonchev–Trinajstić information content (AvgIpc) is 2.31. The van der Waals surface area contributed by atoms with Crippen molar-refractivity contribution in [2.75, 3.05) is 13.2 Å². The van der Waals surface area contributed by atoms with E-state index in [0.29, 0.717) is 0 Å². The Balaban J connectivity index is 5.29. The number of carboxylic acids is 2. The van der Waals surface area contributed by atoms with Crippen LogP contribution in [0.2, 0.25) is 0 Å². The Morgan fingerprint density at radius 3 is 1.22 bits per heavy atom. The minimum absolute atomic E-state index is 0.564. The van der Waals surface area contributed by atoms with E-state index < -0.39 is 61.3 Å². The summed E-state index contributed by atoms with van der Waals surface area (Å²) >= 11 is 0. The predicted octanol–water partition coefficient (Wildman–Crippen LogP) is -2.06. The summed E-state index contributed by atoms with van der Waals surface area (Å²) in [5, 5.41) is 53.2. The van der Waals surface area contributed by atoms with E-state index in [9.17, 15) is 9.59 Å². The molecule has 0 saturated carbocycles. The van der Waals surface area contributed by atoms with Crippen molar-refractivity contribution < 1.29 is 40.2 Å². The number of rotatable bonds is 8. The van der Waals surface area contributed by atoms with Gasteiger partial charge in [-0.3, -0.25) is 0 Å². The molecular formula is C10H16O8. The number of aliphatic hydroxyl groups is 4. The number of carboxylic acid groups (broad SMARTS) is 2. The zero-order valence-corrected chi connectivity index (χ0v) is 9.48. The molecule has 0 radical (unpaired) electrons. The third-order valence-electron chi connectivity index (χ3n) is 2.18. The molecule has 0 amide bonds. The van der Waals surface area contributed by atoms with Crippen LogP contribution in [-0.2, 0) is 9.59 Å². The molecule has 8 nitrogen and oxygen atoms in total. The summed E-state index contributed by atoms with van der Waals surface area (Å²) in [6.07, 6.45) is -3.94. The lowest BCUT2D eigenvalue weighted by atomic mass is 9.97. The molecule has 0 fully saturated rings. The van der Waals surface area contributed by atoms with Crippen molar-refractivity contribution in [3.63, 3.8) is 0 Å². The van der Waals surface area contributed by atoms with Gasteiger partial charge in [-0.25, -0.2) is 9.59 Å². The Kier molecular flexibility index (Phi) is 7.13. The van der Waals surface area contributed by atoms with E-state index in [-0.39, 0.29) is 0 Å². The monoisotopic (exact) mass is 264 g/mol. The molecule has 0 aromatic rings. The van der Waals surface area contributed by atoms with Crippen LogP contribution in [-0.4, -0.2) is 68.0 Å². The van der Waals surface area contributed by atoms with Crippen molar-refractivity contribution >= 4 is 11.9 Å². The molecule has 6 N–H and O–H groups in total. The maximum absolute atomic E-state index is 10.9. The molecule has 0 heterocycles. The smallest absolute Gasteiger partial charge is 0.332 e. The zero-order chi connectivity index (χ0) is 14.3. The van der Waals surface area contributed by atoms with E-state index in [1.54, 1.807) is 0 Å². The lowest BCUT2D eigenvalue weighted by Gasteiger charge is -2.13. The van der Waals surface area contributed by atoms with Crippen LogP contribution in [0.5, 0.6) is 0 Å². The summed E-state index contributed by atoms with van der Waals surface area (Å²) < 4.78 is 0. The maximum Gasteiger partial charge on any atom is 0.332 e. The van der Waals surface area contributed by atoms with Crippen molar-refractivity contribution in [1.82, 2.24) is 0 Å². The zero-order valence-electron chi connectivity index (χ0n) is 9.48. The maximum atomic E-state index is 10.9. The highest BCUT2D eigenvalue weighted by Gasteiger charge is 2.24. The topological polar surface area (TPSA) is 156 Å². The lowest BCUT2D eigenvalue weighted by Crippen LogP contribution is -2.23. The molecule has 0 rings (SSSR count). The van der Waals surface area contributed by atoms with Crippen molar-refractivity contribution in [3.05, 3.63) is 11.1 Å². The molecule has 104 valence electrons. The van der Waals surface area contributed by atoms with E-state index in [2.05, 4.69) is 0 Å². The van der Waals surface area contributed by atoms with Gasteiger partial charge in [0.2, 0.25) is 0 Å². The first-order valence-electron chi connectivity index (χ1n) is 5.09. The molecule has 0 aromatic carbocycles. The third-order valence-corrected chi connectivity index (χ3v) is 2.18. The summed E-state index contributed by atoms with van der Waals surface area (Å²) in [7, 11) is 0. The molecule has 0 bridgehead atoms. The molecule has 0 saturated heterocycles. The van der Waals surface area contributed by atoms with Crippen LogP contribution in [0.15, 0.2) is 11.1 Å². The van der Waals surface area contributed by atoms with Gasteiger partial charge in [0.1, 0.15) is 0 Å². The van der Waals surface area contributed by atoms with E-state index in [1.165, 1.54) is 0 Å². The van der Waals surface area contributed by atoms with Crippen LogP contribution in [0, 0.1) is 0 Å². The first-order valence-corrected chi connectivity index (χ1v) is 5.09. The van der Waals surface area contributed by atoms with Gasteiger partial charge in [-0.2, -0.15) is 0 Å². The summed E-state index contributed by atoms with van der Waals surface area (Å²) in [5.74, 6) is -3.13. The minimum atomic E-state index is -1.56. The fourth-order valence-corrected chi connectivity index (χ4v) is 1.28. The van der Waals surface area contributed by atoms with Crippen molar-refractivity contribution in [2.45, 2.75) is 25.0 Å². The predicted molar refractivity (Wildman–Crippen MR) is 57.7 cm³/mol. The molecular weight excluding hydrogens is 248 g/mol. The highest BCUT2D eigenvalue weighted by atomic mass is 16.4. The molecule has 2 atom stereocenters. The van der Waals surface area contributed by atoms with Gasteiger partial charge < -0.3 is 30.6 Å². The van der Waals surface area contributed by atoms with Gasteiger partial charge in [0.15, 0.2) is 0 Å². The van der Waals surface area contributed by atoms with Crippen LogP contribution >= 0.6 is 0 Å². The van der Waals surface area contributed by atoms with E-state index in [4.69, 9.17) is 30.6 Å². The van der Waals surface area contributed by atoms with Gasteiger partial charge >= 0.3 is 11.9 Å². The Hall–Kier alpha value is -1.48. The normalized spacial score (nSPS) is 15.8. The standard InChI is InChI=1S/C10H16O8/c11-3-5(13)1-7(9(15)16)8(10(17)18)2-6(14)4-12/h5-6,11-14H,1-4H2,(H,15,16)(H,17,18). The van der Waals surface area contributed by atoms with Crippen LogP contribution in [0.4, 0.5) is 0 Å². The Morgan fingerprint density at radius 1 is 0.778 bits per heavy atom. The van der Waals surface area contributed by atoms with Crippen molar-refractivity contribution in [3.8, 4) is 0 Å². The third kappa shape index (κ3) is 5.23. The fraction of sp³-hybridized carbons (Fsp3) is 0.600. The summed E-state index contributed by atoms with van der Waals surface area (Å²) in [4.78, 5) is 21.8. The second-order valence-corrected chi connectivity index (χ2v) is 3.65.